The minimum absolute atomic E-state index is 0.0138. The molecule has 7 heteroatoms. The smallest absolute Gasteiger partial charge is 0.323 e. The fourth-order valence-corrected chi connectivity index (χ4v) is 1.37. The molecule has 100 valence electrons. The number of nitrogens with zero attached hydrogens (tertiary/aromatic N) is 3. The third-order valence-corrected chi connectivity index (χ3v) is 2.19. The van der Waals surface area contributed by atoms with Crippen LogP contribution in [0.3, 0.4) is 0 Å². The second kappa shape index (κ2) is 5.94. The Balaban J connectivity index is 2.20. The van der Waals surface area contributed by atoms with Gasteiger partial charge in [-0.1, -0.05) is 19.1 Å². The number of nitrogens with two attached hydrogens (primary N) is 1. The van der Waals surface area contributed by atoms with E-state index < -0.39 is 5.82 Å². The van der Waals surface area contributed by atoms with Crippen molar-refractivity contribution < 1.29 is 9.13 Å². The number of ether oxygens (including phenoxy) is 1. The van der Waals surface area contributed by atoms with Gasteiger partial charge in [-0.3, -0.25) is 0 Å². The average Bonchev–Trinajstić information content (AvgIpc) is 2.38. The first kappa shape index (κ1) is 13.0. The molecule has 0 radical (unpaired) electrons. The van der Waals surface area contributed by atoms with Crippen molar-refractivity contribution in [2.75, 3.05) is 17.7 Å². The van der Waals surface area contributed by atoms with E-state index in [2.05, 4.69) is 20.3 Å². The van der Waals surface area contributed by atoms with Crippen LogP contribution in [0, 0.1) is 5.82 Å². The van der Waals surface area contributed by atoms with E-state index in [9.17, 15) is 4.39 Å². The van der Waals surface area contributed by atoms with Crippen LogP contribution >= 0.6 is 0 Å². The first-order chi connectivity index (χ1) is 9.19. The number of aromatic nitrogens is 3. The number of rotatable bonds is 5. The predicted molar refractivity (Wildman–Crippen MR) is 69.7 cm³/mol. The molecule has 1 aromatic carbocycles. The van der Waals surface area contributed by atoms with E-state index in [-0.39, 0.29) is 23.6 Å². The van der Waals surface area contributed by atoms with Crippen LogP contribution in [0.4, 0.5) is 22.0 Å². The Bertz CT molecular complexity index is 564. The highest BCUT2D eigenvalue weighted by molar-refractivity contribution is 5.54. The van der Waals surface area contributed by atoms with E-state index in [1.165, 1.54) is 6.07 Å². The number of benzene rings is 1. The molecule has 1 aromatic heterocycles. The normalized spacial score (nSPS) is 10.2. The summed E-state index contributed by atoms with van der Waals surface area (Å²) in [5, 5.41) is 2.73. The summed E-state index contributed by atoms with van der Waals surface area (Å²) < 4.78 is 18.8. The molecule has 3 N–H and O–H groups in total. The summed E-state index contributed by atoms with van der Waals surface area (Å²) in [6, 6.07) is 6.32. The molecule has 0 aliphatic rings. The van der Waals surface area contributed by atoms with Crippen LogP contribution in [0.25, 0.3) is 0 Å². The summed E-state index contributed by atoms with van der Waals surface area (Å²) in [6.45, 7) is 2.44. The van der Waals surface area contributed by atoms with E-state index in [0.717, 1.165) is 6.42 Å². The van der Waals surface area contributed by atoms with Crippen LogP contribution in [0.2, 0.25) is 0 Å². The molecular formula is C12H14FN5O. The van der Waals surface area contributed by atoms with Gasteiger partial charge in [-0.05, 0) is 18.6 Å². The molecule has 0 fully saturated rings. The van der Waals surface area contributed by atoms with Gasteiger partial charge in [0.1, 0.15) is 5.82 Å². The third kappa shape index (κ3) is 3.51. The summed E-state index contributed by atoms with van der Waals surface area (Å²) >= 11 is 0. The Labute approximate surface area is 109 Å². The van der Waals surface area contributed by atoms with Crippen molar-refractivity contribution in [3.8, 4) is 6.01 Å². The van der Waals surface area contributed by atoms with Crippen LogP contribution in [0.5, 0.6) is 6.01 Å². The summed E-state index contributed by atoms with van der Waals surface area (Å²) in [5.41, 5.74) is 5.81. The fourth-order valence-electron chi connectivity index (χ4n) is 1.37. The van der Waals surface area contributed by atoms with Gasteiger partial charge in [0, 0.05) is 0 Å². The van der Waals surface area contributed by atoms with E-state index in [4.69, 9.17) is 10.5 Å². The first-order valence-electron chi connectivity index (χ1n) is 5.85. The second-order valence-electron chi connectivity index (χ2n) is 3.75. The third-order valence-electron chi connectivity index (χ3n) is 2.19. The summed E-state index contributed by atoms with van der Waals surface area (Å²) in [7, 11) is 0. The van der Waals surface area contributed by atoms with Crippen LogP contribution in [0.1, 0.15) is 13.3 Å². The molecule has 0 aliphatic carbocycles. The minimum atomic E-state index is -0.405. The number of anilines is 3. The number of nitrogens with one attached hydrogen (secondary N) is 1. The molecular weight excluding hydrogens is 249 g/mol. The van der Waals surface area contributed by atoms with Crippen molar-refractivity contribution in [2.24, 2.45) is 0 Å². The molecule has 0 saturated heterocycles. The van der Waals surface area contributed by atoms with E-state index in [0.29, 0.717) is 6.61 Å². The van der Waals surface area contributed by atoms with Crippen LogP contribution in [-0.4, -0.2) is 21.6 Å². The molecule has 0 amide bonds. The summed E-state index contributed by atoms with van der Waals surface area (Å²) in [4.78, 5) is 11.7. The maximum Gasteiger partial charge on any atom is 0.323 e. The Morgan fingerprint density at radius 2 is 2.05 bits per heavy atom. The monoisotopic (exact) mass is 263 g/mol. The minimum Gasteiger partial charge on any atom is -0.463 e. The Morgan fingerprint density at radius 1 is 1.26 bits per heavy atom. The summed E-state index contributed by atoms with van der Waals surface area (Å²) in [5.74, 6) is -0.249. The van der Waals surface area contributed by atoms with Crippen molar-refractivity contribution in [1.82, 2.24) is 15.0 Å². The lowest BCUT2D eigenvalue weighted by molar-refractivity contribution is 0.292. The lowest BCUT2D eigenvalue weighted by Gasteiger charge is -2.08. The van der Waals surface area contributed by atoms with Gasteiger partial charge in [0.2, 0.25) is 11.9 Å². The Morgan fingerprint density at radius 3 is 2.79 bits per heavy atom. The lowest BCUT2D eigenvalue weighted by Crippen LogP contribution is -2.07. The van der Waals surface area contributed by atoms with Crippen molar-refractivity contribution in [3.05, 3.63) is 30.1 Å². The van der Waals surface area contributed by atoms with Gasteiger partial charge in [-0.25, -0.2) is 4.39 Å². The second-order valence-corrected chi connectivity index (χ2v) is 3.75. The molecule has 0 bridgehead atoms. The SMILES string of the molecule is CCCOc1nc(N)nc(Nc2ccccc2F)n1. The van der Waals surface area contributed by atoms with E-state index in [1.54, 1.807) is 18.2 Å². The van der Waals surface area contributed by atoms with Gasteiger partial charge in [0.05, 0.1) is 12.3 Å². The van der Waals surface area contributed by atoms with Gasteiger partial charge in [0.15, 0.2) is 0 Å². The molecule has 0 unspecified atom stereocenters. The molecule has 0 aliphatic heterocycles. The van der Waals surface area contributed by atoms with Gasteiger partial charge in [-0.2, -0.15) is 15.0 Å². The zero-order valence-electron chi connectivity index (χ0n) is 10.4. The largest absolute Gasteiger partial charge is 0.463 e. The van der Waals surface area contributed by atoms with Gasteiger partial charge < -0.3 is 15.8 Å². The number of halogens is 1. The van der Waals surface area contributed by atoms with Crippen molar-refractivity contribution in [3.63, 3.8) is 0 Å². The number of hydrogen-bond acceptors (Lipinski definition) is 6. The number of para-hydroxylation sites is 1. The topological polar surface area (TPSA) is 86.0 Å². The van der Waals surface area contributed by atoms with Crippen molar-refractivity contribution in [1.29, 1.82) is 0 Å². The highest BCUT2D eigenvalue weighted by Crippen LogP contribution is 2.18. The first-order valence-corrected chi connectivity index (χ1v) is 5.85. The molecule has 6 nitrogen and oxygen atoms in total. The van der Waals surface area contributed by atoms with Gasteiger partial charge in [0.25, 0.3) is 0 Å². The Hall–Kier alpha value is -2.44. The molecule has 0 atom stereocenters. The Kier molecular flexibility index (Phi) is 4.07. The van der Waals surface area contributed by atoms with Gasteiger partial charge in [-0.15, -0.1) is 0 Å². The maximum absolute atomic E-state index is 13.5. The van der Waals surface area contributed by atoms with Crippen molar-refractivity contribution in [2.45, 2.75) is 13.3 Å². The fraction of sp³-hybridized carbons (Fsp3) is 0.250. The average molecular weight is 263 g/mol. The molecule has 19 heavy (non-hydrogen) atoms. The molecule has 0 saturated carbocycles. The molecule has 2 aromatic rings. The van der Waals surface area contributed by atoms with Crippen LogP contribution < -0.4 is 15.8 Å². The molecule has 1 heterocycles. The van der Waals surface area contributed by atoms with Crippen LogP contribution in [-0.2, 0) is 0 Å². The highest BCUT2D eigenvalue weighted by atomic mass is 19.1. The number of nitrogen functional groups attached to an aromatic ring is 1. The lowest BCUT2D eigenvalue weighted by atomic mass is 10.3. The predicted octanol–water partition coefficient (Wildman–Crippen LogP) is 2.13. The molecule has 2 rings (SSSR count). The highest BCUT2D eigenvalue weighted by Gasteiger charge is 2.07. The van der Waals surface area contributed by atoms with E-state index in [1.807, 2.05) is 6.92 Å². The maximum atomic E-state index is 13.5. The standard InChI is InChI=1S/C12H14FN5O/c1-2-7-19-12-17-10(14)16-11(18-12)15-9-6-4-3-5-8(9)13/h3-6H,2,7H2,1H3,(H3,14,15,16,17,18). The van der Waals surface area contributed by atoms with Crippen molar-refractivity contribution >= 4 is 17.6 Å². The molecule has 0 spiro atoms. The summed E-state index contributed by atoms with van der Waals surface area (Å²) in [6.07, 6.45) is 0.821. The zero-order valence-corrected chi connectivity index (χ0v) is 10.4. The zero-order chi connectivity index (χ0) is 13.7. The van der Waals surface area contributed by atoms with Gasteiger partial charge >= 0.3 is 6.01 Å². The quantitative estimate of drug-likeness (QED) is 0.859. The van der Waals surface area contributed by atoms with E-state index >= 15 is 0 Å². The number of hydrogen-bond donors (Lipinski definition) is 2. The van der Waals surface area contributed by atoms with Crippen LogP contribution in [0.15, 0.2) is 24.3 Å².